The molecule has 0 saturated carbocycles. The Morgan fingerprint density at radius 1 is 1.39 bits per heavy atom. The summed E-state index contributed by atoms with van der Waals surface area (Å²) in [7, 11) is 1.47. The molecule has 106 valence electrons. The summed E-state index contributed by atoms with van der Waals surface area (Å²) < 4.78 is 4.81. The van der Waals surface area contributed by atoms with E-state index in [0.29, 0.717) is 0 Å². The molecule has 0 rings (SSSR count). The number of nitrogens with two attached hydrogens (primary N) is 1. The third kappa shape index (κ3) is 6.53. The highest BCUT2D eigenvalue weighted by Gasteiger charge is 2.18. The summed E-state index contributed by atoms with van der Waals surface area (Å²) in [6, 6.07) is -1.11. The fourth-order valence-corrected chi connectivity index (χ4v) is 1.21. The van der Waals surface area contributed by atoms with Gasteiger partial charge in [-0.3, -0.25) is 9.59 Å². The molecule has 7 heteroatoms. The number of carbonyl (C=O) groups excluding carboxylic acids is 2. The lowest BCUT2D eigenvalue weighted by Crippen LogP contribution is -2.49. The normalized spacial score (nSPS) is 14.1. The second-order valence-electron chi connectivity index (χ2n) is 4.39. The number of nitrogens with one attached hydrogen (secondary N) is 2. The van der Waals surface area contributed by atoms with Crippen molar-refractivity contribution in [1.29, 1.82) is 0 Å². The van der Waals surface area contributed by atoms with E-state index in [-0.39, 0.29) is 31.6 Å². The Bertz CT molecular complexity index is 271. The van der Waals surface area contributed by atoms with Crippen molar-refractivity contribution in [2.75, 3.05) is 26.9 Å². The smallest absolute Gasteiger partial charge is 0.239 e. The molecule has 0 aromatic rings. The number of hydrogen-bond donors (Lipinski definition) is 4. The fraction of sp³-hybridized carbons (Fsp3) is 0.818. The van der Waals surface area contributed by atoms with Crippen molar-refractivity contribution in [1.82, 2.24) is 10.6 Å². The highest BCUT2D eigenvalue weighted by Crippen LogP contribution is 1.97. The summed E-state index contributed by atoms with van der Waals surface area (Å²) in [4.78, 5) is 22.9. The number of methoxy groups -OCH3 is 1. The van der Waals surface area contributed by atoms with Gasteiger partial charge >= 0.3 is 0 Å². The van der Waals surface area contributed by atoms with Crippen LogP contribution in [0.4, 0.5) is 0 Å². The van der Waals surface area contributed by atoms with Crippen molar-refractivity contribution in [3.63, 3.8) is 0 Å². The van der Waals surface area contributed by atoms with E-state index in [1.54, 1.807) is 0 Å². The van der Waals surface area contributed by atoms with Gasteiger partial charge in [-0.25, -0.2) is 0 Å². The van der Waals surface area contributed by atoms with E-state index in [4.69, 9.17) is 15.6 Å². The van der Waals surface area contributed by atoms with Gasteiger partial charge in [-0.1, -0.05) is 13.8 Å². The predicted molar refractivity (Wildman–Crippen MR) is 66.7 cm³/mol. The molecule has 0 aliphatic rings. The first kappa shape index (κ1) is 16.8. The number of amides is 2. The zero-order valence-corrected chi connectivity index (χ0v) is 11.1. The van der Waals surface area contributed by atoms with E-state index in [0.717, 1.165) is 0 Å². The highest BCUT2D eigenvalue weighted by molar-refractivity contribution is 5.87. The molecule has 5 N–H and O–H groups in total. The number of aliphatic hydroxyl groups excluding tert-OH is 1. The van der Waals surface area contributed by atoms with E-state index in [2.05, 4.69) is 10.6 Å². The molecule has 0 heterocycles. The summed E-state index contributed by atoms with van der Waals surface area (Å²) in [6.45, 7) is 3.47. The molecule has 7 nitrogen and oxygen atoms in total. The minimum absolute atomic E-state index is 0.00624. The van der Waals surface area contributed by atoms with Gasteiger partial charge in [0.05, 0.1) is 31.8 Å². The van der Waals surface area contributed by atoms with E-state index < -0.39 is 18.0 Å². The number of rotatable bonds is 8. The lowest BCUT2D eigenvalue weighted by Gasteiger charge is -2.17. The largest absolute Gasteiger partial charge is 0.394 e. The Morgan fingerprint density at radius 2 is 2.00 bits per heavy atom. The van der Waals surface area contributed by atoms with Gasteiger partial charge in [-0.05, 0) is 5.92 Å². The molecule has 0 spiro atoms. The van der Waals surface area contributed by atoms with Crippen LogP contribution in [0.25, 0.3) is 0 Å². The van der Waals surface area contributed by atoms with Crippen molar-refractivity contribution < 1.29 is 19.4 Å². The molecule has 0 aliphatic heterocycles. The first-order valence-corrected chi connectivity index (χ1v) is 5.84. The molecule has 1 unspecified atom stereocenters. The maximum absolute atomic E-state index is 11.5. The van der Waals surface area contributed by atoms with E-state index >= 15 is 0 Å². The van der Waals surface area contributed by atoms with Crippen LogP contribution in [0.15, 0.2) is 0 Å². The summed E-state index contributed by atoms with van der Waals surface area (Å²) >= 11 is 0. The average molecular weight is 261 g/mol. The molecular weight excluding hydrogens is 238 g/mol. The van der Waals surface area contributed by atoms with Crippen molar-refractivity contribution >= 4 is 11.8 Å². The van der Waals surface area contributed by atoms with Crippen LogP contribution < -0.4 is 16.4 Å². The second kappa shape index (κ2) is 8.84. The van der Waals surface area contributed by atoms with E-state index in [9.17, 15) is 9.59 Å². The van der Waals surface area contributed by atoms with Crippen LogP contribution in [0.3, 0.4) is 0 Å². The summed E-state index contributed by atoms with van der Waals surface area (Å²) in [6.07, 6.45) is 0. The van der Waals surface area contributed by atoms with Gasteiger partial charge in [0.25, 0.3) is 0 Å². The van der Waals surface area contributed by atoms with Gasteiger partial charge in [-0.2, -0.15) is 0 Å². The Morgan fingerprint density at radius 3 is 2.44 bits per heavy atom. The average Bonchev–Trinajstić information content (AvgIpc) is 2.34. The van der Waals surface area contributed by atoms with Crippen LogP contribution in [0.1, 0.15) is 13.8 Å². The van der Waals surface area contributed by atoms with Crippen molar-refractivity contribution in [2.24, 2.45) is 11.7 Å². The molecular formula is C11H23N3O4. The van der Waals surface area contributed by atoms with Gasteiger partial charge in [0, 0.05) is 7.11 Å². The van der Waals surface area contributed by atoms with Crippen molar-refractivity contribution in [3.05, 3.63) is 0 Å². The number of aliphatic hydroxyl groups is 1. The van der Waals surface area contributed by atoms with Gasteiger partial charge in [0.1, 0.15) is 0 Å². The number of ether oxygens (including phenoxy) is 1. The molecule has 0 aromatic heterocycles. The van der Waals surface area contributed by atoms with Crippen molar-refractivity contribution in [3.8, 4) is 0 Å². The molecule has 0 saturated heterocycles. The zero-order valence-electron chi connectivity index (χ0n) is 11.1. The van der Waals surface area contributed by atoms with Gasteiger partial charge < -0.3 is 26.2 Å². The highest BCUT2D eigenvalue weighted by atomic mass is 16.5. The molecule has 18 heavy (non-hydrogen) atoms. The second-order valence-corrected chi connectivity index (χ2v) is 4.39. The Balaban J connectivity index is 3.99. The maximum Gasteiger partial charge on any atom is 0.239 e. The van der Waals surface area contributed by atoms with E-state index in [1.807, 2.05) is 13.8 Å². The third-order valence-electron chi connectivity index (χ3n) is 2.40. The van der Waals surface area contributed by atoms with Crippen LogP contribution >= 0.6 is 0 Å². The summed E-state index contributed by atoms with van der Waals surface area (Å²) in [5.74, 6) is -0.755. The van der Waals surface area contributed by atoms with Crippen molar-refractivity contribution in [2.45, 2.75) is 25.9 Å². The number of hydrogen-bond acceptors (Lipinski definition) is 5. The van der Waals surface area contributed by atoms with Crippen LogP contribution in [-0.2, 0) is 14.3 Å². The fourth-order valence-electron chi connectivity index (χ4n) is 1.21. The molecule has 2 amide bonds. The Labute approximate surface area is 107 Å². The summed E-state index contributed by atoms with van der Waals surface area (Å²) in [5.41, 5.74) is 5.62. The molecule has 2 atom stereocenters. The van der Waals surface area contributed by atoms with Gasteiger partial charge in [-0.15, -0.1) is 0 Å². The summed E-state index contributed by atoms with van der Waals surface area (Å²) in [5, 5.41) is 13.9. The van der Waals surface area contributed by atoms with Crippen LogP contribution in [0.5, 0.6) is 0 Å². The van der Waals surface area contributed by atoms with Crippen LogP contribution in [-0.4, -0.2) is 55.9 Å². The topological polar surface area (TPSA) is 114 Å². The molecule has 0 fully saturated rings. The first-order valence-electron chi connectivity index (χ1n) is 5.84. The monoisotopic (exact) mass is 261 g/mol. The number of carbonyl (C=O) groups is 2. The van der Waals surface area contributed by atoms with E-state index in [1.165, 1.54) is 7.11 Å². The minimum atomic E-state index is -0.634. The predicted octanol–water partition coefficient (Wildman–Crippen LogP) is -1.79. The molecule has 0 aliphatic carbocycles. The quantitative estimate of drug-likeness (QED) is 0.412. The SMILES string of the molecule is COCC(CO)NC(=O)CNC(=O)[C@@H](N)C(C)C. The standard InChI is InChI=1S/C11H23N3O4/c1-7(2)10(12)11(17)13-4-9(16)14-8(5-15)6-18-3/h7-8,10,15H,4-6,12H2,1-3H3,(H,13,17)(H,14,16)/t8?,10-/m0/s1. The first-order chi connectivity index (χ1) is 8.42. The molecule has 0 radical (unpaired) electrons. The molecule has 0 bridgehead atoms. The van der Waals surface area contributed by atoms with Gasteiger partial charge in [0.2, 0.25) is 11.8 Å². The van der Waals surface area contributed by atoms with Crippen LogP contribution in [0, 0.1) is 5.92 Å². The molecule has 0 aromatic carbocycles. The van der Waals surface area contributed by atoms with Gasteiger partial charge in [0.15, 0.2) is 0 Å². The lowest BCUT2D eigenvalue weighted by atomic mass is 10.1. The maximum atomic E-state index is 11.5. The Hall–Kier alpha value is -1.18. The zero-order chi connectivity index (χ0) is 14.1. The minimum Gasteiger partial charge on any atom is -0.394 e. The lowest BCUT2D eigenvalue weighted by molar-refractivity contribution is -0.128. The third-order valence-corrected chi connectivity index (χ3v) is 2.40. The Kier molecular flexibility index (Phi) is 8.27. The van der Waals surface area contributed by atoms with Crippen LogP contribution in [0.2, 0.25) is 0 Å².